The first-order valence-electron chi connectivity index (χ1n) is 5.12. The second-order valence-corrected chi connectivity index (χ2v) is 5.32. The molecule has 5 heteroatoms. The summed E-state index contributed by atoms with van der Waals surface area (Å²) < 4.78 is 5.39. The Balaban J connectivity index is 1.78. The minimum atomic E-state index is 0.0741. The van der Waals surface area contributed by atoms with Crippen molar-refractivity contribution in [1.29, 1.82) is 0 Å². The van der Waals surface area contributed by atoms with E-state index in [-0.39, 0.29) is 11.5 Å². The van der Waals surface area contributed by atoms with Crippen LogP contribution in [0.25, 0.3) is 0 Å². The number of aromatic nitrogens is 1. The maximum Gasteiger partial charge on any atom is 0.0794 e. The van der Waals surface area contributed by atoms with E-state index in [4.69, 9.17) is 10.5 Å². The van der Waals surface area contributed by atoms with Gasteiger partial charge in [0.15, 0.2) is 0 Å². The SMILES string of the molecule is CC1(CNCc2cncs2)COCC1N. The van der Waals surface area contributed by atoms with Crippen LogP contribution in [0.4, 0.5) is 0 Å². The molecule has 2 unspecified atom stereocenters. The van der Waals surface area contributed by atoms with E-state index in [0.29, 0.717) is 6.61 Å². The first kappa shape index (κ1) is 11.0. The van der Waals surface area contributed by atoms with Crippen molar-refractivity contribution in [3.8, 4) is 0 Å². The normalized spacial score (nSPS) is 30.9. The molecule has 0 saturated carbocycles. The molecule has 84 valence electrons. The predicted octanol–water partition coefficient (Wildman–Crippen LogP) is 0.596. The Bertz CT molecular complexity index is 304. The van der Waals surface area contributed by atoms with E-state index in [1.54, 1.807) is 11.3 Å². The van der Waals surface area contributed by atoms with Crippen molar-refractivity contribution in [3.63, 3.8) is 0 Å². The minimum Gasteiger partial charge on any atom is -0.379 e. The van der Waals surface area contributed by atoms with Crippen LogP contribution in [-0.2, 0) is 11.3 Å². The number of nitrogens with one attached hydrogen (secondary N) is 1. The van der Waals surface area contributed by atoms with Gasteiger partial charge in [-0.3, -0.25) is 4.98 Å². The summed E-state index contributed by atoms with van der Waals surface area (Å²) in [7, 11) is 0. The second-order valence-electron chi connectivity index (χ2n) is 4.35. The van der Waals surface area contributed by atoms with E-state index in [1.165, 1.54) is 4.88 Å². The molecule has 1 aromatic rings. The lowest BCUT2D eigenvalue weighted by atomic mass is 9.86. The van der Waals surface area contributed by atoms with Crippen LogP contribution in [-0.4, -0.2) is 30.8 Å². The van der Waals surface area contributed by atoms with E-state index in [0.717, 1.165) is 19.7 Å². The Morgan fingerprint density at radius 3 is 3.27 bits per heavy atom. The van der Waals surface area contributed by atoms with Gasteiger partial charge in [-0.1, -0.05) is 6.92 Å². The number of nitrogens with two attached hydrogens (primary N) is 1. The van der Waals surface area contributed by atoms with Crippen LogP contribution in [0, 0.1) is 5.41 Å². The Morgan fingerprint density at radius 2 is 2.67 bits per heavy atom. The van der Waals surface area contributed by atoms with Gasteiger partial charge in [-0.15, -0.1) is 11.3 Å². The van der Waals surface area contributed by atoms with Gasteiger partial charge >= 0.3 is 0 Å². The highest BCUT2D eigenvalue weighted by Crippen LogP contribution is 2.25. The van der Waals surface area contributed by atoms with Gasteiger partial charge in [0.1, 0.15) is 0 Å². The zero-order valence-corrected chi connectivity index (χ0v) is 9.72. The molecular formula is C10H17N3OS. The summed E-state index contributed by atoms with van der Waals surface area (Å²) in [5, 5.41) is 3.41. The average molecular weight is 227 g/mol. The van der Waals surface area contributed by atoms with Gasteiger partial charge in [0.2, 0.25) is 0 Å². The first-order valence-corrected chi connectivity index (χ1v) is 6.00. The Labute approximate surface area is 93.8 Å². The summed E-state index contributed by atoms with van der Waals surface area (Å²) in [6, 6.07) is 0.145. The van der Waals surface area contributed by atoms with Crippen LogP contribution in [0.15, 0.2) is 11.7 Å². The van der Waals surface area contributed by atoms with Gasteiger partial charge < -0.3 is 15.8 Å². The standard InChI is InChI=1S/C10H17N3OS/c1-10(6-14-4-9(10)11)5-12-2-8-3-13-7-15-8/h3,7,9,12H,2,4-6,11H2,1H3. The van der Waals surface area contributed by atoms with Gasteiger partial charge in [0, 0.05) is 35.6 Å². The summed E-state index contributed by atoms with van der Waals surface area (Å²) in [6.07, 6.45) is 1.89. The van der Waals surface area contributed by atoms with Crippen molar-refractivity contribution in [2.24, 2.45) is 11.1 Å². The van der Waals surface area contributed by atoms with E-state index in [1.807, 2.05) is 11.7 Å². The molecule has 0 aromatic carbocycles. The fourth-order valence-electron chi connectivity index (χ4n) is 1.71. The lowest BCUT2D eigenvalue weighted by molar-refractivity contribution is 0.158. The number of ether oxygens (including phenoxy) is 1. The van der Waals surface area contributed by atoms with Crippen molar-refractivity contribution in [2.45, 2.75) is 19.5 Å². The van der Waals surface area contributed by atoms with Gasteiger partial charge in [0.05, 0.1) is 18.7 Å². The summed E-state index contributed by atoms with van der Waals surface area (Å²) in [5.74, 6) is 0. The van der Waals surface area contributed by atoms with Gasteiger partial charge in [0.25, 0.3) is 0 Å². The topological polar surface area (TPSA) is 60.2 Å². The van der Waals surface area contributed by atoms with E-state index < -0.39 is 0 Å². The Kier molecular flexibility index (Phi) is 3.35. The maximum absolute atomic E-state index is 6.00. The van der Waals surface area contributed by atoms with Crippen LogP contribution in [0.3, 0.4) is 0 Å². The molecule has 4 nitrogen and oxygen atoms in total. The fraction of sp³-hybridized carbons (Fsp3) is 0.700. The Morgan fingerprint density at radius 1 is 1.80 bits per heavy atom. The summed E-state index contributed by atoms with van der Waals surface area (Å²) in [6.45, 7) is 5.37. The average Bonchev–Trinajstić information content (AvgIpc) is 2.79. The van der Waals surface area contributed by atoms with Crippen LogP contribution in [0.5, 0.6) is 0 Å². The lowest BCUT2D eigenvalue weighted by Crippen LogP contribution is -2.45. The fourth-order valence-corrected chi connectivity index (χ4v) is 2.27. The van der Waals surface area contributed by atoms with Crippen molar-refractivity contribution < 1.29 is 4.74 Å². The van der Waals surface area contributed by atoms with Gasteiger partial charge in [-0.25, -0.2) is 0 Å². The van der Waals surface area contributed by atoms with Crippen LogP contribution in [0.2, 0.25) is 0 Å². The molecule has 0 aliphatic carbocycles. The molecule has 1 fully saturated rings. The molecule has 0 spiro atoms. The van der Waals surface area contributed by atoms with Crippen LogP contribution < -0.4 is 11.1 Å². The molecule has 3 N–H and O–H groups in total. The molecule has 2 atom stereocenters. The summed E-state index contributed by atoms with van der Waals surface area (Å²) in [4.78, 5) is 5.29. The third-order valence-corrected chi connectivity index (χ3v) is 3.72. The number of hydrogen-bond acceptors (Lipinski definition) is 5. The molecule has 0 radical (unpaired) electrons. The molecule has 1 aliphatic rings. The van der Waals surface area contributed by atoms with E-state index in [9.17, 15) is 0 Å². The predicted molar refractivity (Wildman–Crippen MR) is 60.7 cm³/mol. The van der Waals surface area contributed by atoms with E-state index in [2.05, 4.69) is 17.2 Å². The third-order valence-electron chi connectivity index (χ3n) is 2.94. The van der Waals surface area contributed by atoms with Gasteiger partial charge in [-0.05, 0) is 0 Å². The zero-order valence-electron chi connectivity index (χ0n) is 8.90. The number of rotatable bonds is 4. The molecule has 1 aromatic heterocycles. The molecule has 0 amide bonds. The highest BCUT2D eigenvalue weighted by atomic mass is 32.1. The molecular weight excluding hydrogens is 210 g/mol. The number of thiazole rings is 1. The van der Waals surface area contributed by atoms with Crippen molar-refractivity contribution in [3.05, 3.63) is 16.6 Å². The van der Waals surface area contributed by atoms with Crippen LogP contribution >= 0.6 is 11.3 Å². The molecule has 2 rings (SSSR count). The van der Waals surface area contributed by atoms with E-state index >= 15 is 0 Å². The number of nitrogens with zero attached hydrogens (tertiary/aromatic N) is 1. The third kappa shape index (κ3) is 2.55. The van der Waals surface area contributed by atoms with Gasteiger partial charge in [-0.2, -0.15) is 0 Å². The highest BCUT2D eigenvalue weighted by molar-refractivity contribution is 7.09. The lowest BCUT2D eigenvalue weighted by Gasteiger charge is -2.26. The first-order chi connectivity index (χ1) is 7.21. The quantitative estimate of drug-likeness (QED) is 0.790. The smallest absolute Gasteiger partial charge is 0.0794 e. The highest BCUT2D eigenvalue weighted by Gasteiger charge is 2.37. The molecule has 2 heterocycles. The maximum atomic E-state index is 6.00. The zero-order chi connectivity index (χ0) is 10.7. The van der Waals surface area contributed by atoms with Crippen molar-refractivity contribution >= 4 is 11.3 Å². The summed E-state index contributed by atoms with van der Waals surface area (Å²) in [5.41, 5.74) is 7.92. The second kappa shape index (κ2) is 4.57. The molecule has 0 bridgehead atoms. The number of hydrogen-bond donors (Lipinski definition) is 2. The molecule has 1 saturated heterocycles. The van der Waals surface area contributed by atoms with Crippen molar-refractivity contribution in [2.75, 3.05) is 19.8 Å². The van der Waals surface area contributed by atoms with Crippen molar-refractivity contribution in [1.82, 2.24) is 10.3 Å². The molecule has 1 aliphatic heterocycles. The largest absolute Gasteiger partial charge is 0.379 e. The van der Waals surface area contributed by atoms with Crippen LogP contribution in [0.1, 0.15) is 11.8 Å². The Hall–Kier alpha value is -0.490. The monoisotopic (exact) mass is 227 g/mol. The summed E-state index contributed by atoms with van der Waals surface area (Å²) >= 11 is 1.67. The minimum absolute atomic E-state index is 0.0741. The molecule has 15 heavy (non-hydrogen) atoms.